The number of hydrogen-bond acceptors (Lipinski definition) is 4. The molecular weight excluding hydrogens is 320 g/mol. The Balaban J connectivity index is 1.96. The molecule has 0 aliphatic rings. The third-order valence-corrected chi connectivity index (χ3v) is 4.09. The number of nitrogens with one attached hydrogen (secondary N) is 1. The van der Waals surface area contributed by atoms with E-state index in [0.717, 1.165) is 36.1 Å². The molecular formula is C22H24N4. The minimum absolute atomic E-state index is 0.662. The zero-order valence-electron chi connectivity index (χ0n) is 15.1. The van der Waals surface area contributed by atoms with E-state index in [-0.39, 0.29) is 0 Å². The molecule has 0 spiro atoms. The van der Waals surface area contributed by atoms with E-state index in [1.807, 2.05) is 36.4 Å². The van der Waals surface area contributed by atoms with Crippen molar-refractivity contribution >= 4 is 11.8 Å². The molecule has 1 N–H and O–H groups in total. The lowest BCUT2D eigenvalue weighted by Crippen LogP contribution is -2.24. The average molecular weight is 344 g/mol. The second-order valence-electron chi connectivity index (χ2n) is 5.97. The van der Waals surface area contributed by atoms with Crippen LogP contribution in [-0.4, -0.2) is 23.1 Å². The largest absolute Gasteiger partial charge is 0.366 e. The molecule has 0 unspecified atom stereocenters. The summed E-state index contributed by atoms with van der Waals surface area (Å²) in [5.74, 6) is 1.53. The topological polar surface area (TPSA) is 41.1 Å². The number of aromatic nitrogens is 2. The predicted molar refractivity (Wildman–Crippen MR) is 109 cm³/mol. The molecule has 0 radical (unpaired) electrons. The minimum atomic E-state index is 0.662. The lowest BCUT2D eigenvalue weighted by Gasteiger charge is -2.22. The molecule has 0 aliphatic carbocycles. The van der Waals surface area contributed by atoms with Gasteiger partial charge < -0.3 is 10.2 Å². The van der Waals surface area contributed by atoms with Crippen LogP contribution in [0.15, 0.2) is 79.4 Å². The van der Waals surface area contributed by atoms with Gasteiger partial charge in [0.25, 0.3) is 0 Å². The quantitative estimate of drug-likeness (QED) is 0.598. The molecule has 0 aliphatic heterocycles. The molecule has 3 aromatic rings. The van der Waals surface area contributed by atoms with Gasteiger partial charge in [-0.3, -0.25) is 0 Å². The fourth-order valence-electron chi connectivity index (χ4n) is 2.73. The van der Waals surface area contributed by atoms with Gasteiger partial charge in [0.05, 0.1) is 5.69 Å². The molecule has 1 aromatic heterocycles. The van der Waals surface area contributed by atoms with Crippen LogP contribution >= 0.6 is 0 Å². The third-order valence-electron chi connectivity index (χ3n) is 4.09. The summed E-state index contributed by atoms with van der Waals surface area (Å²) in [7, 11) is 0. The Hall–Kier alpha value is -3.14. The molecule has 4 nitrogen and oxygen atoms in total. The number of anilines is 2. The maximum absolute atomic E-state index is 4.83. The van der Waals surface area contributed by atoms with Gasteiger partial charge in [0.15, 0.2) is 0 Å². The van der Waals surface area contributed by atoms with Crippen LogP contribution in [0.4, 0.5) is 11.8 Å². The number of benzene rings is 2. The fourth-order valence-corrected chi connectivity index (χ4v) is 2.73. The van der Waals surface area contributed by atoms with Gasteiger partial charge >= 0.3 is 0 Å². The Labute approximate surface area is 155 Å². The first kappa shape index (κ1) is 17.7. The van der Waals surface area contributed by atoms with Crippen molar-refractivity contribution in [2.75, 3.05) is 23.3 Å². The Bertz CT molecular complexity index is 831. The molecule has 2 aromatic carbocycles. The van der Waals surface area contributed by atoms with Crippen molar-refractivity contribution in [3.05, 3.63) is 84.9 Å². The van der Waals surface area contributed by atoms with Crippen LogP contribution in [0, 0.1) is 0 Å². The van der Waals surface area contributed by atoms with E-state index in [0.29, 0.717) is 6.54 Å². The highest BCUT2D eigenvalue weighted by molar-refractivity contribution is 5.64. The molecule has 4 heteroatoms. The smallest absolute Gasteiger partial charge is 0.228 e. The van der Waals surface area contributed by atoms with E-state index < -0.39 is 0 Å². The highest BCUT2D eigenvalue weighted by Gasteiger charge is 2.12. The first-order valence-corrected chi connectivity index (χ1v) is 8.88. The van der Waals surface area contributed by atoms with Crippen molar-refractivity contribution in [2.45, 2.75) is 13.5 Å². The Morgan fingerprint density at radius 1 is 1.00 bits per heavy atom. The van der Waals surface area contributed by atoms with Crippen molar-refractivity contribution in [3.63, 3.8) is 0 Å². The second-order valence-corrected chi connectivity index (χ2v) is 5.97. The SMILES string of the molecule is C=CCNc1cc(-c2ccccc2)nc(N(CC)Cc2ccccc2)n1. The van der Waals surface area contributed by atoms with Crippen LogP contribution in [0.2, 0.25) is 0 Å². The van der Waals surface area contributed by atoms with Crippen molar-refractivity contribution in [1.82, 2.24) is 9.97 Å². The number of rotatable bonds is 8. The summed E-state index contributed by atoms with van der Waals surface area (Å²) in [6, 6.07) is 22.6. The molecule has 0 fully saturated rings. The summed E-state index contributed by atoms with van der Waals surface area (Å²) in [6.45, 7) is 8.16. The van der Waals surface area contributed by atoms with Gasteiger partial charge in [-0.25, -0.2) is 4.98 Å². The summed E-state index contributed by atoms with van der Waals surface area (Å²) < 4.78 is 0. The highest BCUT2D eigenvalue weighted by Crippen LogP contribution is 2.23. The minimum Gasteiger partial charge on any atom is -0.366 e. The van der Waals surface area contributed by atoms with E-state index in [1.54, 1.807) is 0 Å². The first-order chi connectivity index (χ1) is 12.8. The van der Waals surface area contributed by atoms with E-state index >= 15 is 0 Å². The van der Waals surface area contributed by atoms with Gasteiger partial charge in [0.1, 0.15) is 5.82 Å². The van der Waals surface area contributed by atoms with Crippen LogP contribution in [0.5, 0.6) is 0 Å². The van der Waals surface area contributed by atoms with Crippen molar-refractivity contribution in [3.8, 4) is 11.3 Å². The van der Waals surface area contributed by atoms with E-state index in [2.05, 4.69) is 60.1 Å². The summed E-state index contributed by atoms with van der Waals surface area (Å²) in [5.41, 5.74) is 3.23. The van der Waals surface area contributed by atoms with Crippen LogP contribution in [0.1, 0.15) is 12.5 Å². The van der Waals surface area contributed by atoms with E-state index in [9.17, 15) is 0 Å². The molecule has 0 atom stereocenters. The van der Waals surface area contributed by atoms with E-state index in [1.165, 1.54) is 5.56 Å². The lowest BCUT2D eigenvalue weighted by atomic mass is 10.1. The zero-order valence-corrected chi connectivity index (χ0v) is 15.1. The highest BCUT2D eigenvalue weighted by atomic mass is 15.3. The average Bonchev–Trinajstić information content (AvgIpc) is 2.71. The van der Waals surface area contributed by atoms with Crippen molar-refractivity contribution in [2.24, 2.45) is 0 Å². The van der Waals surface area contributed by atoms with Crippen LogP contribution in [-0.2, 0) is 6.54 Å². The summed E-state index contributed by atoms with van der Waals surface area (Å²) in [4.78, 5) is 11.7. The van der Waals surface area contributed by atoms with Crippen LogP contribution in [0.3, 0.4) is 0 Å². The molecule has 26 heavy (non-hydrogen) atoms. The zero-order chi connectivity index (χ0) is 18.2. The van der Waals surface area contributed by atoms with Crippen LogP contribution in [0.25, 0.3) is 11.3 Å². The molecule has 0 saturated heterocycles. The van der Waals surface area contributed by atoms with Gasteiger partial charge in [-0.05, 0) is 12.5 Å². The Kier molecular flexibility index (Phi) is 5.99. The third kappa shape index (κ3) is 4.48. The Morgan fingerprint density at radius 2 is 1.69 bits per heavy atom. The van der Waals surface area contributed by atoms with Gasteiger partial charge in [-0.2, -0.15) is 4.98 Å². The van der Waals surface area contributed by atoms with Gasteiger partial charge in [0, 0.05) is 31.3 Å². The maximum atomic E-state index is 4.83. The molecule has 0 saturated carbocycles. The van der Waals surface area contributed by atoms with Gasteiger partial charge in [-0.1, -0.05) is 66.7 Å². The normalized spacial score (nSPS) is 10.3. The first-order valence-electron chi connectivity index (χ1n) is 8.88. The summed E-state index contributed by atoms with van der Waals surface area (Å²) in [5, 5.41) is 3.29. The number of hydrogen-bond donors (Lipinski definition) is 1. The number of nitrogens with zero attached hydrogens (tertiary/aromatic N) is 3. The molecule has 3 rings (SSSR count). The fraction of sp³-hybridized carbons (Fsp3) is 0.182. The molecule has 1 heterocycles. The molecule has 132 valence electrons. The molecule has 0 bridgehead atoms. The maximum Gasteiger partial charge on any atom is 0.228 e. The lowest BCUT2D eigenvalue weighted by molar-refractivity contribution is 0.793. The molecule has 0 amide bonds. The predicted octanol–water partition coefficient (Wildman–Crippen LogP) is 4.77. The van der Waals surface area contributed by atoms with Crippen molar-refractivity contribution in [1.29, 1.82) is 0 Å². The second kappa shape index (κ2) is 8.81. The monoisotopic (exact) mass is 344 g/mol. The summed E-state index contributed by atoms with van der Waals surface area (Å²) >= 11 is 0. The standard InChI is InChI=1S/C22H24N4/c1-3-15-23-21-16-20(19-13-9-6-10-14-19)24-22(25-21)26(4-2)17-18-11-7-5-8-12-18/h3,5-14,16H,1,4,15,17H2,2H3,(H,23,24,25). The van der Waals surface area contributed by atoms with E-state index in [4.69, 9.17) is 9.97 Å². The van der Waals surface area contributed by atoms with Crippen molar-refractivity contribution < 1.29 is 0 Å². The summed E-state index contributed by atoms with van der Waals surface area (Å²) in [6.07, 6.45) is 1.82. The van der Waals surface area contributed by atoms with Gasteiger partial charge in [0.2, 0.25) is 5.95 Å². The van der Waals surface area contributed by atoms with Gasteiger partial charge in [-0.15, -0.1) is 6.58 Å². The Morgan fingerprint density at radius 3 is 2.35 bits per heavy atom. The van der Waals surface area contributed by atoms with Crippen LogP contribution < -0.4 is 10.2 Å².